The molecule has 0 nitrogen and oxygen atoms in total. The summed E-state index contributed by atoms with van der Waals surface area (Å²) >= 11 is 0. The Labute approximate surface area is 168 Å². The van der Waals surface area contributed by atoms with Crippen molar-refractivity contribution in [2.45, 2.75) is 25.9 Å². The molecule has 0 aliphatic rings. The van der Waals surface area contributed by atoms with Crippen LogP contribution in [0.3, 0.4) is 0 Å². The van der Waals surface area contributed by atoms with Crippen LogP contribution in [0.25, 0.3) is 21.5 Å². The first-order valence-corrected chi connectivity index (χ1v) is 9.59. The monoisotopic (exact) mass is 388 g/mol. The quantitative estimate of drug-likeness (QED) is 0.248. The Hall–Kier alpha value is -3.25. The van der Waals surface area contributed by atoms with Crippen LogP contribution in [0, 0.1) is 11.8 Å². The molecule has 0 aliphatic carbocycles. The average molecular weight is 388 g/mol. The molecule has 0 aromatic heterocycles. The molecule has 0 radical (unpaired) electrons. The molecule has 0 fully saturated rings. The molecule has 4 aromatic carbocycles. The van der Waals surface area contributed by atoms with E-state index in [0.29, 0.717) is 5.56 Å². The third kappa shape index (κ3) is 4.12. The molecule has 0 heterocycles. The van der Waals surface area contributed by atoms with Gasteiger partial charge in [0.1, 0.15) is 0 Å². The molecular formula is C26H19F3. The van der Waals surface area contributed by atoms with E-state index in [1.165, 1.54) is 33.9 Å². The Morgan fingerprint density at radius 3 is 1.93 bits per heavy atom. The molecule has 0 N–H and O–H groups in total. The molecule has 0 bridgehead atoms. The van der Waals surface area contributed by atoms with Gasteiger partial charge in [-0.1, -0.05) is 61.6 Å². The van der Waals surface area contributed by atoms with Gasteiger partial charge in [-0.15, -0.1) is 0 Å². The summed E-state index contributed by atoms with van der Waals surface area (Å²) in [5.41, 5.74) is 2.07. The fourth-order valence-electron chi connectivity index (χ4n) is 3.53. The summed E-state index contributed by atoms with van der Waals surface area (Å²) < 4.78 is 38.0. The molecule has 3 heteroatoms. The number of hydrogen-bond donors (Lipinski definition) is 0. The predicted octanol–water partition coefficient (Wildman–Crippen LogP) is 7.36. The molecule has 0 saturated carbocycles. The molecule has 0 aliphatic heterocycles. The van der Waals surface area contributed by atoms with E-state index < -0.39 is 11.7 Å². The zero-order valence-corrected chi connectivity index (χ0v) is 16.0. The minimum absolute atomic E-state index is 0.556. The highest BCUT2D eigenvalue weighted by Crippen LogP contribution is 2.29. The van der Waals surface area contributed by atoms with E-state index >= 15 is 0 Å². The van der Waals surface area contributed by atoms with E-state index in [1.807, 2.05) is 12.1 Å². The van der Waals surface area contributed by atoms with Crippen LogP contribution in [-0.2, 0) is 12.6 Å². The van der Waals surface area contributed by atoms with Gasteiger partial charge in [0.2, 0.25) is 0 Å². The zero-order chi connectivity index (χ0) is 20.4. The molecule has 144 valence electrons. The van der Waals surface area contributed by atoms with Gasteiger partial charge in [0.25, 0.3) is 0 Å². The van der Waals surface area contributed by atoms with E-state index in [2.05, 4.69) is 55.2 Å². The molecule has 4 rings (SSSR count). The molecule has 0 atom stereocenters. The molecule has 4 aromatic rings. The van der Waals surface area contributed by atoms with Crippen LogP contribution in [0.15, 0.2) is 72.8 Å². The van der Waals surface area contributed by atoms with Crippen LogP contribution in [0.4, 0.5) is 13.2 Å². The van der Waals surface area contributed by atoms with Gasteiger partial charge in [-0.25, -0.2) is 0 Å². The number of fused-ring (bicyclic) bond motifs is 3. The van der Waals surface area contributed by atoms with Gasteiger partial charge in [0, 0.05) is 11.1 Å². The Bertz CT molecular complexity index is 1240. The van der Waals surface area contributed by atoms with Gasteiger partial charge in [0.15, 0.2) is 0 Å². The summed E-state index contributed by atoms with van der Waals surface area (Å²) in [6, 6.07) is 21.8. The number of hydrogen-bond acceptors (Lipinski definition) is 0. The van der Waals surface area contributed by atoms with Gasteiger partial charge in [0.05, 0.1) is 5.56 Å². The largest absolute Gasteiger partial charge is 0.416 e. The van der Waals surface area contributed by atoms with Crippen LogP contribution in [0.1, 0.15) is 35.6 Å². The van der Waals surface area contributed by atoms with Gasteiger partial charge in [-0.05, 0) is 69.9 Å². The molecule has 0 spiro atoms. The first-order chi connectivity index (χ1) is 13.9. The highest BCUT2D eigenvalue weighted by molar-refractivity contribution is 6.07. The maximum absolute atomic E-state index is 12.7. The molecule has 0 saturated heterocycles. The predicted molar refractivity (Wildman–Crippen MR) is 113 cm³/mol. The van der Waals surface area contributed by atoms with Crippen molar-refractivity contribution in [1.82, 2.24) is 0 Å². The minimum Gasteiger partial charge on any atom is -0.166 e. The van der Waals surface area contributed by atoms with Gasteiger partial charge < -0.3 is 0 Å². The van der Waals surface area contributed by atoms with E-state index in [0.717, 1.165) is 35.9 Å². The highest BCUT2D eigenvalue weighted by Gasteiger charge is 2.29. The zero-order valence-electron chi connectivity index (χ0n) is 16.0. The summed E-state index contributed by atoms with van der Waals surface area (Å²) in [5.74, 6) is 6.00. The second kappa shape index (κ2) is 7.64. The standard InChI is InChI=1S/C26H19F3/c1-2-3-19-8-14-24-21(16-19)10-11-22-17-20(9-15-25(22)24)5-4-18-6-12-23(13-7-18)26(27,28)29/h6-17H,2-3H2,1H3. The summed E-state index contributed by atoms with van der Waals surface area (Å²) in [4.78, 5) is 0. The topological polar surface area (TPSA) is 0 Å². The second-order valence-corrected chi connectivity index (χ2v) is 7.13. The van der Waals surface area contributed by atoms with E-state index in [-0.39, 0.29) is 0 Å². The lowest BCUT2D eigenvalue weighted by molar-refractivity contribution is -0.137. The maximum Gasteiger partial charge on any atom is 0.416 e. The highest BCUT2D eigenvalue weighted by atomic mass is 19.4. The number of benzene rings is 4. The number of halogens is 3. The third-order valence-corrected chi connectivity index (χ3v) is 5.00. The van der Waals surface area contributed by atoms with E-state index in [1.54, 1.807) is 0 Å². The van der Waals surface area contributed by atoms with E-state index in [4.69, 9.17) is 0 Å². The van der Waals surface area contributed by atoms with Crippen LogP contribution in [0.2, 0.25) is 0 Å². The Balaban J connectivity index is 1.65. The fourth-order valence-corrected chi connectivity index (χ4v) is 3.53. The van der Waals surface area contributed by atoms with E-state index in [9.17, 15) is 13.2 Å². The summed E-state index contributed by atoms with van der Waals surface area (Å²) in [5, 5.41) is 4.71. The summed E-state index contributed by atoms with van der Waals surface area (Å²) in [6.45, 7) is 2.18. The van der Waals surface area contributed by atoms with Crippen molar-refractivity contribution in [3.8, 4) is 11.8 Å². The van der Waals surface area contributed by atoms with Crippen LogP contribution >= 0.6 is 0 Å². The van der Waals surface area contributed by atoms with Crippen LogP contribution < -0.4 is 0 Å². The Morgan fingerprint density at radius 2 is 1.28 bits per heavy atom. The maximum atomic E-state index is 12.7. The van der Waals surface area contributed by atoms with Gasteiger partial charge in [-0.2, -0.15) is 13.2 Å². The van der Waals surface area contributed by atoms with Crippen molar-refractivity contribution < 1.29 is 13.2 Å². The average Bonchev–Trinajstić information content (AvgIpc) is 2.71. The van der Waals surface area contributed by atoms with Crippen molar-refractivity contribution in [2.24, 2.45) is 0 Å². The lowest BCUT2D eigenvalue weighted by Gasteiger charge is -2.07. The Morgan fingerprint density at radius 1 is 0.690 bits per heavy atom. The first kappa shape index (κ1) is 19.1. The first-order valence-electron chi connectivity index (χ1n) is 9.59. The van der Waals surface area contributed by atoms with Crippen molar-refractivity contribution in [3.05, 3.63) is 95.1 Å². The fraction of sp³-hybridized carbons (Fsp3) is 0.154. The SMILES string of the molecule is CCCc1ccc2c(ccc3cc(C#Cc4ccc(C(F)(F)F)cc4)ccc32)c1. The van der Waals surface area contributed by atoms with Crippen molar-refractivity contribution in [3.63, 3.8) is 0 Å². The van der Waals surface area contributed by atoms with Crippen molar-refractivity contribution in [2.75, 3.05) is 0 Å². The van der Waals surface area contributed by atoms with Crippen molar-refractivity contribution in [1.29, 1.82) is 0 Å². The van der Waals surface area contributed by atoms with Gasteiger partial charge in [-0.3, -0.25) is 0 Å². The van der Waals surface area contributed by atoms with Gasteiger partial charge >= 0.3 is 6.18 Å². The van der Waals surface area contributed by atoms with Crippen LogP contribution in [0.5, 0.6) is 0 Å². The summed E-state index contributed by atoms with van der Waals surface area (Å²) in [6.07, 6.45) is -2.13. The lowest BCUT2D eigenvalue weighted by Crippen LogP contribution is -2.04. The number of aryl methyl sites for hydroxylation is 1. The normalized spacial score (nSPS) is 11.4. The van der Waals surface area contributed by atoms with Crippen LogP contribution in [-0.4, -0.2) is 0 Å². The lowest BCUT2D eigenvalue weighted by atomic mass is 9.97. The van der Waals surface area contributed by atoms with Crippen molar-refractivity contribution >= 4 is 21.5 Å². The second-order valence-electron chi connectivity index (χ2n) is 7.13. The molecular weight excluding hydrogens is 369 g/mol. The molecule has 0 amide bonds. The number of alkyl halides is 3. The number of rotatable bonds is 2. The Kier molecular flexibility index (Phi) is 5.03. The minimum atomic E-state index is -4.33. The third-order valence-electron chi connectivity index (χ3n) is 5.00. The molecule has 29 heavy (non-hydrogen) atoms. The molecule has 0 unspecified atom stereocenters. The summed E-state index contributed by atoms with van der Waals surface area (Å²) in [7, 11) is 0. The smallest absolute Gasteiger partial charge is 0.166 e.